The fourth-order valence-corrected chi connectivity index (χ4v) is 5.53. The van der Waals surface area contributed by atoms with Crippen molar-refractivity contribution >= 4 is 31.8 Å². The summed E-state index contributed by atoms with van der Waals surface area (Å²) in [6, 6.07) is 15.6. The van der Waals surface area contributed by atoms with Gasteiger partial charge in [-0.2, -0.15) is 39.5 Å². The Hall–Kier alpha value is -1.67. The lowest BCUT2D eigenvalue weighted by Crippen LogP contribution is -2.63. The van der Waals surface area contributed by atoms with Crippen molar-refractivity contribution in [3.05, 3.63) is 42.5 Å². The van der Waals surface area contributed by atoms with Crippen molar-refractivity contribution in [1.29, 1.82) is 0 Å². The molecule has 1 saturated heterocycles. The Labute approximate surface area is 179 Å². The zero-order chi connectivity index (χ0) is 24.6. The summed E-state index contributed by atoms with van der Waals surface area (Å²) >= 11 is 0. The summed E-state index contributed by atoms with van der Waals surface area (Å²) in [6.07, 6.45) is -4.31. The van der Waals surface area contributed by atoms with Gasteiger partial charge in [-0.3, -0.25) is 0 Å². The van der Waals surface area contributed by atoms with E-state index in [1.807, 2.05) is 0 Å². The second-order valence-electron chi connectivity index (χ2n) is 6.73. The van der Waals surface area contributed by atoms with Gasteiger partial charge in [0, 0.05) is 17.0 Å². The second-order valence-corrected chi connectivity index (χ2v) is 10.4. The molecule has 2 aromatic rings. The molecule has 0 N–H and O–H groups in total. The molecule has 1 aliphatic rings. The van der Waals surface area contributed by atoms with Crippen molar-refractivity contribution in [2.45, 2.75) is 41.0 Å². The van der Waals surface area contributed by atoms with Crippen LogP contribution in [0.5, 0.6) is 0 Å². The third kappa shape index (κ3) is 4.96. The molecule has 1 fully saturated rings. The summed E-state index contributed by atoms with van der Waals surface area (Å²) in [5.41, 5.74) is 0. The minimum Gasteiger partial charge on any atom is -0.743 e. The van der Waals surface area contributed by atoms with Crippen molar-refractivity contribution < 1.29 is 52.5 Å². The minimum atomic E-state index is -7.43. The Balaban J connectivity index is 0.000000227. The van der Waals surface area contributed by atoms with Crippen LogP contribution in [0.1, 0.15) is 12.8 Å². The van der Waals surface area contributed by atoms with Gasteiger partial charge in [0.2, 0.25) is 0 Å². The standard InChI is InChI=1S/C14H15S.C4HF9O3S/c1-2-6-13-11-14(8-7-12(13)5-1)15-9-3-4-10-15;5-1(6,3(9,10)11)2(7,8)4(12,13)17(14,15)16/h1-2,5-8,11H,3-4,9-10H2;(H,14,15,16)/q+1;/p-1. The van der Waals surface area contributed by atoms with Gasteiger partial charge in [0.15, 0.2) is 15.0 Å². The summed E-state index contributed by atoms with van der Waals surface area (Å²) in [4.78, 5) is 1.58. The highest BCUT2D eigenvalue weighted by molar-refractivity contribution is 7.97. The maximum absolute atomic E-state index is 12.2. The predicted molar refractivity (Wildman–Crippen MR) is 99.1 cm³/mol. The quantitative estimate of drug-likeness (QED) is 0.305. The summed E-state index contributed by atoms with van der Waals surface area (Å²) < 4.78 is 135. The average molecular weight is 514 g/mol. The van der Waals surface area contributed by atoms with Crippen LogP contribution in [0.2, 0.25) is 0 Å². The van der Waals surface area contributed by atoms with Gasteiger partial charge < -0.3 is 4.55 Å². The number of alkyl halides is 9. The van der Waals surface area contributed by atoms with Crippen molar-refractivity contribution in [2.75, 3.05) is 11.5 Å². The Morgan fingerprint density at radius 1 is 0.750 bits per heavy atom. The van der Waals surface area contributed by atoms with Crippen molar-refractivity contribution in [3.8, 4) is 0 Å². The molecule has 0 spiro atoms. The number of halogens is 9. The third-order valence-corrected chi connectivity index (χ3v) is 7.88. The molecular formula is C18H15F9O3S2. The van der Waals surface area contributed by atoms with Gasteiger partial charge in [-0.15, -0.1) is 0 Å². The number of benzene rings is 2. The van der Waals surface area contributed by atoms with Gasteiger partial charge in [0.25, 0.3) is 0 Å². The van der Waals surface area contributed by atoms with E-state index in [1.54, 1.807) is 4.90 Å². The van der Waals surface area contributed by atoms with E-state index in [9.17, 15) is 52.5 Å². The zero-order valence-corrected chi connectivity index (χ0v) is 17.4. The summed E-state index contributed by atoms with van der Waals surface area (Å²) in [5, 5.41) is -4.35. The lowest BCUT2D eigenvalue weighted by atomic mass is 10.1. The van der Waals surface area contributed by atoms with E-state index in [4.69, 9.17) is 0 Å². The molecule has 32 heavy (non-hydrogen) atoms. The smallest absolute Gasteiger partial charge is 0.460 e. The molecule has 1 aliphatic heterocycles. The molecule has 2 aromatic carbocycles. The van der Waals surface area contributed by atoms with Crippen LogP contribution >= 0.6 is 0 Å². The zero-order valence-electron chi connectivity index (χ0n) is 15.8. The fourth-order valence-electron chi connectivity index (χ4n) is 2.76. The lowest BCUT2D eigenvalue weighted by Gasteiger charge is -2.34. The minimum absolute atomic E-state index is 0.553. The van der Waals surface area contributed by atoms with Gasteiger partial charge in [-0.05, 0) is 35.7 Å². The molecule has 14 heteroatoms. The molecule has 0 amide bonds. The summed E-state index contributed by atoms with van der Waals surface area (Å²) in [5.74, 6) is -12.0. The number of rotatable bonds is 4. The second kappa shape index (κ2) is 8.93. The van der Waals surface area contributed by atoms with Crippen LogP contribution in [0.3, 0.4) is 0 Å². The summed E-state index contributed by atoms with van der Waals surface area (Å²) in [6.45, 7) is 0. The third-order valence-electron chi connectivity index (χ3n) is 4.52. The highest BCUT2D eigenvalue weighted by Crippen LogP contribution is 2.54. The van der Waals surface area contributed by atoms with Crippen LogP contribution < -0.4 is 0 Å². The number of hydrogen-bond acceptors (Lipinski definition) is 3. The van der Waals surface area contributed by atoms with Crippen LogP contribution in [-0.2, 0) is 21.0 Å². The first-order chi connectivity index (χ1) is 14.4. The maximum Gasteiger partial charge on any atom is 0.460 e. The Kier molecular flexibility index (Phi) is 7.42. The van der Waals surface area contributed by atoms with Crippen LogP contribution in [-0.4, -0.2) is 47.8 Å². The molecule has 1 heterocycles. The monoisotopic (exact) mass is 514 g/mol. The Morgan fingerprint density at radius 3 is 1.72 bits per heavy atom. The van der Waals surface area contributed by atoms with Crippen molar-refractivity contribution in [1.82, 2.24) is 0 Å². The van der Waals surface area contributed by atoms with Crippen LogP contribution in [0.15, 0.2) is 47.4 Å². The van der Waals surface area contributed by atoms with E-state index in [0.29, 0.717) is 10.9 Å². The van der Waals surface area contributed by atoms with Crippen LogP contribution in [0.4, 0.5) is 39.5 Å². The first kappa shape index (κ1) is 26.6. The van der Waals surface area contributed by atoms with E-state index in [1.165, 1.54) is 35.1 Å². The van der Waals surface area contributed by atoms with E-state index >= 15 is 0 Å². The lowest BCUT2D eigenvalue weighted by molar-refractivity contribution is -0.382. The van der Waals surface area contributed by atoms with Crippen LogP contribution in [0.25, 0.3) is 10.8 Å². The van der Waals surface area contributed by atoms with Gasteiger partial charge in [0.05, 0.1) is 0 Å². The predicted octanol–water partition coefficient (Wildman–Crippen LogP) is 5.57. The molecule has 0 aromatic heterocycles. The molecule has 0 aliphatic carbocycles. The van der Waals surface area contributed by atoms with Gasteiger partial charge in [-0.1, -0.05) is 24.3 Å². The first-order valence-corrected chi connectivity index (χ1v) is 11.7. The molecule has 3 rings (SSSR count). The van der Waals surface area contributed by atoms with Crippen molar-refractivity contribution in [2.24, 2.45) is 0 Å². The van der Waals surface area contributed by atoms with Crippen LogP contribution in [0, 0.1) is 0 Å². The molecule has 0 unspecified atom stereocenters. The number of hydrogen-bond donors (Lipinski definition) is 0. The number of fused-ring (bicyclic) bond motifs is 1. The molecule has 0 radical (unpaired) electrons. The first-order valence-electron chi connectivity index (χ1n) is 8.75. The topological polar surface area (TPSA) is 57.2 Å². The normalized spacial score (nSPS) is 16.7. The van der Waals surface area contributed by atoms with E-state index in [-0.39, 0.29) is 0 Å². The maximum atomic E-state index is 12.2. The van der Waals surface area contributed by atoms with E-state index in [0.717, 1.165) is 0 Å². The van der Waals surface area contributed by atoms with Gasteiger partial charge >= 0.3 is 23.3 Å². The highest BCUT2D eigenvalue weighted by Gasteiger charge is 2.83. The molecular weight excluding hydrogens is 499 g/mol. The molecule has 0 bridgehead atoms. The Bertz CT molecular complexity index is 1050. The Morgan fingerprint density at radius 2 is 1.25 bits per heavy atom. The molecule has 180 valence electrons. The fraction of sp³-hybridized carbons (Fsp3) is 0.444. The van der Waals surface area contributed by atoms with Gasteiger partial charge in [0.1, 0.15) is 11.5 Å². The average Bonchev–Trinajstić information content (AvgIpc) is 3.21. The summed E-state index contributed by atoms with van der Waals surface area (Å²) in [7, 11) is -6.86. The van der Waals surface area contributed by atoms with Gasteiger partial charge in [-0.25, -0.2) is 8.42 Å². The molecule has 3 nitrogen and oxygen atoms in total. The molecule has 0 atom stereocenters. The van der Waals surface area contributed by atoms with Crippen molar-refractivity contribution in [3.63, 3.8) is 0 Å². The van der Waals surface area contributed by atoms with E-state index < -0.39 is 33.4 Å². The largest absolute Gasteiger partial charge is 0.743 e. The SMILES string of the molecule is O=S(=O)([O-])C(F)(F)C(F)(F)C(F)(F)C(F)(F)F.c1ccc2cc([S+]3CCCC3)ccc2c1. The van der Waals surface area contributed by atoms with E-state index in [2.05, 4.69) is 42.5 Å². The molecule has 0 saturated carbocycles. The highest BCUT2D eigenvalue weighted by atomic mass is 32.2.